The van der Waals surface area contributed by atoms with E-state index in [0.29, 0.717) is 0 Å². The third-order valence-electron chi connectivity index (χ3n) is 1.59. The molecule has 1 aromatic rings. The number of thioether (sulfide) groups is 1. The zero-order valence-electron chi connectivity index (χ0n) is 7.65. The first-order valence-corrected chi connectivity index (χ1v) is 7.10. The second-order valence-corrected chi connectivity index (χ2v) is 5.94. The Morgan fingerprint density at radius 3 is 2.15 bits per heavy atom. The molecule has 0 saturated carbocycles. The predicted molar refractivity (Wildman–Crippen MR) is 56.8 cm³/mol. The molecule has 0 aliphatic carbocycles. The minimum Gasteiger partial charge on any atom is -0.229 e. The molecule has 1 rings (SSSR count). The Hall–Kier alpha value is -0.480. The van der Waals surface area contributed by atoms with E-state index in [1.165, 1.54) is 6.26 Å². The van der Waals surface area contributed by atoms with E-state index < -0.39 is 9.84 Å². The van der Waals surface area contributed by atoms with Crippen LogP contribution in [0.25, 0.3) is 0 Å². The third-order valence-corrected chi connectivity index (χ3v) is 3.19. The molecule has 4 heteroatoms. The normalized spacial score (nSPS) is 11.5. The summed E-state index contributed by atoms with van der Waals surface area (Å²) in [6.45, 7) is 0. The number of sulfone groups is 1. The Morgan fingerprint density at radius 2 is 1.77 bits per heavy atom. The molecular formula is C9H12O2S2. The lowest BCUT2D eigenvalue weighted by Crippen LogP contribution is -2.00. The van der Waals surface area contributed by atoms with Gasteiger partial charge in [-0.3, -0.25) is 0 Å². The van der Waals surface area contributed by atoms with Crippen LogP contribution in [-0.2, 0) is 15.6 Å². The first kappa shape index (κ1) is 10.6. The molecule has 0 atom stereocenters. The van der Waals surface area contributed by atoms with E-state index in [9.17, 15) is 8.42 Å². The van der Waals surface area contributed by atoms with Crippen LogP contribution >= 0.6 is 11.8 Å². The lowest BCUT2D eigenvalue weighted by Gasteiger charge is -2.00. The molecule has 0 unspecified atom stereocenters. The van der Waals surface area contributed by atoms with Crippen LogP contribution in [0.2, 0.25) is 0 Å². The van der Waals surface area contributed by atoms with Crippen molar-refractivity contribution in [3.05, 3.63) is 29.8 Å². The first-order valence-electron chi connectivity index (χ1n) is 3.82. The Bertz CT molecular complexity index is 365. The summed E-state index contributed by atoms with van der Waals surface area (Å²) in [6.07, 6.45) is 3.24. The monoisotopic (exact) mass is 216 g/mol. The molecule has 0 fully saturated rings. The molecule has 1 aromatic carbocycles. The van der Waals surface area contributed by atoms with Crippen LogP contribution in [0.5, 0.6) is 0 Å². The Labute approximate surface area is 83.3 Å². The van der Waals surface area contributed by atoms with Gasteiger partial charge in [-0.2, -0.15) is 0 Å². The maximum Gasteiger partial charge on any atom is 0.151 e. The van der Waals surface area contributed by atoms with Crippen molar-refractivity contribution in [3.8, 4) is 0 Å². The molecule has 0 spiro atoms. The van der Waals surface area contributed by atoms with Gasteiger partial charge < -0.3 is 0 Å². The highest BCUT2D eigenvalue weighted by Crippen LogP contribution is 2.15. The van der Waals surface area contributed by atoms with Crippen molar-refractivity contribution in [2.24, 2.45) is 0 Å². The number of rotatable bonds is 3. The summed E-state index contributed by atoms with van der Waals surface area (Å²) in [5, 5.41) is 0. The summed E-state index contributed by atoms with van der Waals surface area (Å²) >= 11 is 1.65. The third kappa shape index (κ3) is 3.83. The van der Waals surface area contributed by atoms with Crippen LogP contribution in [0.3, 0.4) is 0 Å². The van der Waals surface area contributed by atoms with E-state index in [-0.39, 0.29) is 5.75 Å². The minimum atomic E-state index is -2.90. The summed E-state index contributed by atoms with van der Waals surface area (Å²) in [5.74, 6) is 0.127. The van der Waals surface area contributed by atoms with E-state index in [1.54, 1.807) is 11.8 Å². The molecule has 2 nitrogen and oxygen atoms in total. The molecule has 0 aliphatic rings. The van der Waals surface area contributed by atoms with Crippen molar-refractivity contribution in [2.75, 3.05) is 12.5 Å². The molecule has 0 bridgehead atoms. The number of hydrogen-bond donors (Lipinski definition) is 0. The van der Waals surface area contributed by atoms with E-state index >= 15 is 0 Å². The van der Waals surface area contributed by atoms with Crippen molar-refractivity contribution in [1.29, 1.82) is 0 Å². The largest absolute Gasteiger partial charge is 0.229 e. The Balaban J connectivity index is 2.81. The van der Waals surface area contributed by atoms with Gasteiger partial charge in [0.25, 0.3) is 0 Å². The highest BCUT2D eigenvalue weighted by molar-refractivity contribution is 7.98. The fraction of sp³-hybridized carbons (Fsp3) is 0.333. The van der Waals surface area contributed by atoms with Gasteiger partial charge in [0, 0.05) is 11.2 Å². The molecule has 0 radical (unpaired) electrons. The highest BCUT2D eigenvalue weighted by atomic mass is 32.2. The van der Waals surface area contributed by atoms with Gasteiger partial charge in [0.1, 0.15) is 0 Å². The van der Waals surface area contributed by atoms with E-state index in [4.69, 9.17) is 0 Å². The Kier molecular flexibility index (Phi) is 3.39. The molecule has 0 N–H and O–H groups in total. The van der Waals surface area contributed by atoms with E-state index in [1.807, 2.05) is 30.5 Å². The summed E-state index contributed by atoms with van der Waals surface area (Å²) in [7, 11) is -2.90. The average molecular weight is 216 g/mol. The van der Waals surface area contributed by atoms with Crippen LogP contribution in [0.4, 0.5) is 0 Å². The number of benzene rings is 1. The maximum atomic E-state index is 10.9. The topological polar surface area (TPSA) is 34.1 Å². The summed E-state index contributed by atoms with van der Waals surface area (Å²) in [4.78, 5) is 1.15. The molecular weight excluding hydrogens is 204 g/mol. The van der Waals surface area contributed by atoms with Gasteiger partial charge in [-0.1, -0.05) is 12.1 Å². The van der Waals surface area contributed by atoms with Crippen LogP contribution in [-0.4, -0.2) is 20.9 Å². The molecule has 13 heavy (non-hydrogen) atoms. The van der Waals surface area contributed by atoms with Crippen molar-refractivity contribution < 1.29 is 8.42 Å². The van der Waals surface area contributed by atoms with Gasteiger partial charge in [-0.15, -0.1) is 11.8 Å². The van der Waals surface area contributed by atoms with E-state index in [2.05, 4.69) is 0 Å². The lowest BCUT2D eigenvalue weighted by atomic mass is 10.2. The lowest BCUT2D eigenvalue weighted by molar-refractivity contribution is 0.601. The van der Waals surface area contributed by atoms with Gasteiger partial charge in [0.05, 0.1) is 5.75 Å². The van der Waals surface area contributed by atoms with Gasteiger partial charge in [-0.05, 0) is 24.0 Å². The van der Waals surface area contributed by atoms with Crippen molar-refractivity contribution in [1.82, 2.24) is 0 Å². The minimum absolute atomic E-state index is 0.127. The molecule has 0 heterocycles. The van der Waals surface area contributed by atoms with Crippen LogP contribution in [0.15, 0.2) is 29.2 Å². The SMILES string of the molecule is CSc1ccc(CS(C)(=O)=O)cc1. The maximum absolute atomic E-state index is 10.9. The van der Waals surface area contributed by atoms with Gasteiger partial charge in [-0.25, -0.2) is 8.42 Å². The first-order chi connectivity index (χ1) is 6.01. The standard InChI is InChI=1S/C9H12O2S2/c1-12-9-5-3-8(4-6-9)7-13(2,10)11/h3-6H,7H2,1-2H3. The summed E-state index contributed by atoms with van der Waals surface area (Å²) < 4.78 is 21.9. The van der Waals surface area contributed by atoms with Crippen molar-refractivity contribution >= 4 is 21.6 Å². The average Bonchev–Trinajstić information content (AvgIpc) is 2.03. The zero-order valence-corrected chi connectivity index (χ0v) is 9.28. The number of hydrogen-bond acceptors (Lipinski definition) is 3. The zero-order chi connectivity index (χ0) is 9.90. The van der Waals surface area contributed by atoms with Crippen LogP contribution in [0, 0.1) is 0 Å². The van der Waals surface area contributed by atoms with Gasteiger partial charge >= 0.3 is 0 Å². The quantitative estimate of drug-likeness (QED) is 0.724. The van der Waals surface area contributed by atoms with Crippen LogP contribution < -0.4 is 0 Å². The second-order valence-electron chi connectivity index (χ2n) is 2.92. The van der Waals surface area contributed by atoms with Crippen molar-refractivity contribution in [3.63, 3.8) is 0 Å². The molecule has 0 aromatic heterocycles. The highest BCUT2D eigenvalue weighted by Gasteiger charge is 2.03. The molecule has 72 valence electrons. The Morgan fingerprint density at radius 1 is 1.23 bits per heavy atom. The summed E-state index contributed by atoms with van der Waals surface area (Å²) in [5.41, 5.74) is 0.848. The van der Waals surface area contributed by atoms with Crippen LogP contribution in [0.1, 0.15) is 5.56 Å². The molecule has 0 aliphatic heterocycles. The predicted octanol–water partition coefficient (Wildman–Crippen LogP) is 1.95. The fourth-order valence-corrected chi connectivity index (χ4v) is 2.23. The second kappa shape index (κ2) is 4.15. The smallest absolute Gasteiger partial charge is 0.151 e. The molecule has 0 saturated heterocycles. The molecule has 0 amide bonds. The van der Waals surface area contributed by atoms with Gasteiger partial charge in [0.15, 0.2) is 9.84 Å². The van der Waals surface area contributed by atoms with Crippen molar-refractivity contribution in [2.45, 2.75) is 10.6 Å². The van der Waals surface area contributed by atoms with E-state index in [0.717, 1.165) is 10.5 Å². The van der Waals surface area contributed by atoms with Gasteiger partial charge in [0.2, 0.25) is 0 Å². The summed E-state index contributed by atoms with van der Waals surface area (Å²) in [6, 6.07) is 7.58. The fourth-order valence-electron chi connectivity index (χ4n) is 1.02.